The number of hydrogen-bond acceptors (Lipinski definition) is 3. The molecule has 1 heterocycles. The predicted octanol–water partition coefficient (Wildman–Crippen LogP) is 3.69. The van der Waals surface area contributed by atoms with Crippen LogP contribution < -0.4 is 5.32 Å². The van der Waals surface area contributed by atoms with Crippen LogP contribution in [0.2, 0.25) is 0 Å². The number of nitrogens with zero attached hydrogens (tertiary/aromatic N) is 3. The molecule has 1 fully saturated rings. The molecule has 0 bridgehead atoms. The summed E-state index contributed by atoms with van der Waals surface area (Å²) < 4.78 is 43.2. The van der Waals surface area contributed by atoms with Crippen molar-refractivity contribution >= 4 is 29.9 Å². The lowest BCUT2D eigenvalue weighted by atomic mass is 9.97. The molecule has 0 radical (unpaired) electrons. The number of aliphatic imine (C=N–C) groups is 1. The van der Waals surface area contributed by atoms with Gasteiger partial charge in [-0.1, -0.05) is 12.1 Å². The topological polar surface area (TPSA) is 40.1 Å². The van der Waals surface area contributed by atoms with Crippen LogP contribution in [0.3, 0.4) is 0 Å². The Kier molecular flexibility index (Phi) is 11.3. The molecule has 5 nitrogen and oxygen atoms in total. The molecule has 1 aromatic carbocycles. The van der Waals surface area contributed by atoms with E-state index in [4.69, 9.17) is 4.74 Å². The minimum absolute atomic E-state index is 0. The summed E-state index contributed by atoms with van der Waals surface area (Å²) >= 11 is 0. The number of nitrogens with one attached hydrogen (secondary N) is 1. The van der Waals surface area contributed by atoms with Crippen LogP contribution in [0.15, 0.2) is 29.3 Å². The molecular formula is C20H32F3IN4O. The van der Waals surface area contributed by atoms with Crippen LogP contribution in [0.25, 0.3) is 0 Å². The zero-order valence-corrected chi connectivity index (χ0v) is 19.7. The van der Waals surface area contributed by atoms with Gasteiger partial charge in [0.05, 0.1) is 12.2 Å². The van der Waals surface area contributed by atoms with Gasteiger partial charge in [-0.05, 0) is 49.5 Å². The van der Waals surface area contributed by atoms with Gasteiger partial charge in [-0.2, -0.15) is 13.2 Å². The fourth-order valence-corrected chi connectivity index (χ4v) is 3.40. The van der Waals surface area contributed by atoms with Gasteiger partial charge < -0.3 is 19.9 Å². The number of piperidine rings is 1. The minimum atomic E-state index is -4.30. The number of rotatable bonds is 7. The highest BCUT2D eigenvalue weighted by molar-refractivity contribution is 14.0. The summed E-state index contributed by atoms with van der Waals surface area (Å²) in [6, 6.07) is 5.28. The summed E-state index contributed by atoms with van der Waals surface area (Å²) in [4.78, 5) is 8.65. The Bertz CT molecular complexity index is 617. The van der Waals surface area contributed by atoms with Gasteiger partial charge in [0.15, 0.2) is 5.96 Å². The second-order valence-electron chi connectivity index (χ2n) is 7.26. The van der Waals surface area contributed by atoms with E-state index in [-0.39, 0.29) is 24.0 Å². The van der Waals surface area contributed by atoms with Crippen LogP contribution in [0.4, 0.5) is 13.2 Å². The van der Waals surface area contributed by atoms with E-state index in [9.17, 15) is 13.2 Å². The lowest BCUT2D eigenvalue weighted by Gasteiger charge is -2.32. The van der Waals surface area contributed by atoms with Gasteiger partial charge in [0, 0.05) is 40.8 Å². The SMILES string of the molecule is CN=C(NCC1CCN(CCOC)CC1)N(C)Cc1ccc(C(F)(F)F)cc1.I. The molecule has 1 aromatic rings. The van der Waals surface area contributed by atoms with E-state index in [0.717, 1.165) is 69.3 Å². The average molecular weight is 528 g/mol. The Morgan fingerprint density at radius 2 is 1.86 bits per heavy atom. The standard InChI is InChI=1S/C20H31F3N4O.HI/c1-24-19(25-14-16-8-10-27(11-9-16)12-13-28-3)26(2)15-17-4-6-18(7-5-17)20(21,22)23;/h4-7,16H,8-15H2,1-3H3,(H,24,25);1H. The summed E-state index contributed by atoms with van der Waals surface area (Å²) in [5.41, 5.74) is 0.183. The lowest BCUT2D eigenvalue weighted by molar-refractivity contribution is -0.137. The Labute approximate surface area is 188 Å². The third kappa shape index (κ3) is 8.67. The Morgan fingerprint density at radius 1 is 1.24 bits per heavy atom. The number of methoxy groups -OCH3 is 1. The first-order chi connectivity index (χ1) is 13.3. The maximum absolute atomic E-state index is 12.7. The molecule has 0 unspecified atom stereocenters. The van der Waals surface area contributed by atoms with Gasteiger partial charge in [-0.25, -0.2) is 0 Å². The van der Waals surface area contributed by atoms with Crippen molar-refractivity contribution in [3.8, 4) is 0 Å². The van der Waals surface area contributed by atoms with Crippen LogP contribution in [0.5, 0.6) is 0 Å². The van der Waals surface area contributed by atoms with Gasteiger partial charge in [0.2, 0.25) is 0 Å². The Hall–Kier alpha value is -1.07. The molecule has 0 aliphatic carbocycles. The fourth-order valence-electron chi connectivity index (χ4n) is 3.40. The van der Waals surface area contributed by atoms with Crippen LogP contribution >= 0.6 is 24.0 Å². The minimum Gasteiger partial charge on any atom is -0.383 e. The predicted molar refractivity (Wildman–Crippen MR) is 121 cm³/mol. The van der Waals surface area contributed by atoms with Crippen molar-refractivity contribution in [1.29, 1.82) is 0 Å². The Morgan fingerprint density at radius 3 is 2.38 bits per heavy atom. The van der Waals surface area contributed by atoms with E-state index in [1.54, 1.807) is 14.2 Å². The molecule has 9 heteroatoms. The van der Waals surface area contributed by atoms with Crippen LogP contribution in [0.1, 0.15) is 24.0 Å². The summed E-state index contributed by atoms with van der Waals surface area (Å²) in [7, 11) is 5.34. The third-order valence-corrected chi connectivity index (χ3v) is 5.14. The molecule has 1 saturated heterocycles. The molecule has 1 N–H and O–H groups in total. The second kappa shape index (κ2) is 12.6. The monoisotopic (exact) mass is 528 g/mol. The smallest absolute Gasteiger partial charge is 0.383 e. The van der Waals surface area contributed by atoms with Crippen molar-refractivity contribution < 1.29 is 17.9 Å². The van der Waals surface area contributed by atoms with Gasteiger partial charge in [0.25, 0.3) is 0 Å². The molecule has 0 spiro atoms. The highest BCUT2D eigenvalue weighted by Crippen LogP contribution is 2.29. The normalized spacial score (nSPS) is 16.4. The number of alkyl halides is 3. The molecular weight excluding hydrogens is 496 g/mol. The number of benzene rings is 1. The van der Waals surface area contributed by atoms with Crippen LogP contribution in [0, 0.1) is 5.92 Å². The highest BCUT2D eigenvalue weighted by atomic mass is 127. The first-order valence-corrected chi connectivity index (χ1v) is 9.62. The third-order valence-electron chi connectivity index (χ3n) is 5.14. The van der Waals surface area contributed by atoms with E-state index in [1.807, 2.05) is 11.9 Å². The van der Waals surface area contributed by atoms with Gasteiger partial charge in [-0.15, -0.1) is 24.0 Å². The number of guanidine groups is 1. The van der Waals surface area contributed by atoms with Gasteiger partial charge in [-0.3, -0.25) is 4.99 Å². The van der Waals surface area contributed by atoms with Crippen molar-refractivity contribution in [1.82, 2.24) is 15.1 Å². The Balaban J connectivity index is 0.00000420. The summed E-state index contributed by atoms with van der Waals surface area (Å²) in [6.07, 6.45) is -2.03. The molecule has 0 saturated carbocycles. The molecule has 29 heavy (non-hydrogen) atoms. The van der Waals surface area contributed by atoms with Gasteiger partial charge in [0.1, 0.15) is 0 Å². The van der Waals surface area contributed by atoms with E-state index in [2.05, 4.69) is 15.2 Å². The maximum atomic E-state index is 12.7. The number of hydrogen-bond donors (Lipinski definition) is 1. The summed E-state index contributed by atoms with van der Waals surface area (Å²) in [6.45, 7) is 5.25. The summed E-state index contributed by atoms with van der Waals surface area (Å²) in [5.74, 6) is 1.34. The molecule has 166 valence electrons. The zero-order valence-electron chi connectivity index (χ0n) is 17.3. The quantitative estimate of drug-likeness (QED) is 0.333. The molecule has 1 aliphatic rings. The number of ether oxygens (including phenoxy) is 1. The van der Waals surface area contributed by atoms with Gasteiger partial charge >= 0.3 is 6.18 Å². The molecule has 2 rings (SSSR count). The number of halogens is 4. The van der Waals surface area contributed by atoms with Crippen LogP contribution in [-0.4, -0.2) is 69.8 Å². The first kappa shape index (κ1) is 26.0. The summed E-state index contributed by atoms with van der Waals surface area (Å²) in [5, 5.41) is 3.41. The first-order valence-electron chi connectivity index (χ1n) is 9.62. The zero-order chi connectivity index (χ0) is 20.6. The van der Waals surface area contributed by atoms with Crippen molar-refractivity contribution in [2.45, 2.75) is 25.6 Å². The van der Waals surface area contributed by atoms with Crippen molar-refractivity contribution in [2.24, 2.45) is 10.9 Å². The van der Waals surface area contributed by atoms with E-state index in [1.165, 1.54) is 12.1 Å². The number of likely N-dealkylation sites (tertiary alicyclic amines) is 1. The molecule has 0 atom stereocenters. The van der Waals surface area contributed by atoms with Crippen molar-refractivity contribution in [2.75, 3.05) is 54.0 Å². The van der Waals surface area contributed by atoms with E-state index in [0.29, 0.717) is 12.5 Å². The van der Waals surface area contributed by atoms with Crippen molar-refractivity contribution in [3.63, 3.8) is 0 Å². The molecule has 1 aliphatic heterocycles. The molecule has 0 amide bonds. The molecule has 0 aromatic heterocycles. The second-order valence-corrected chi connectivity index (χ2v) is 7.26. The lowest BCUT2D eigenvalue weighted by Crippen LogP contribution is -2.43. The van der Waals surface area contributed by atoms with E-state index >= 15 is 0 Å². The average Bonchev–Trinajstić information content (AvgIpc) is 2.67. The highest BCUT2D eigenvalue weighted by Gasteiger charge is 2.30. The fraction of sp³-hybridized carbons (Fsp3) is 0.650. The van der Waals surface area contributed by atoms with Crippen LogP contribution in [-0.2, 0) is 17.5 Å². The van der Waals surface area contributed by atoms with Crippen molar-refractivity contribution in [3.05, 3.63) is 35.4 Å². The largest absolute Gasteiger partial charge is 0.416 e. The maximum Gasteiger partial charge on any atom is 0.416 e. The van der Waals surface area contributed by atoms with E-state index < -0.39 is 11.7 Å².